The van der Waals surface area contributed by atoms with Crippen LogP contribution in [-0.4, -0.2) is 31.0 Å². The molecule has 0 aliphatic rings. The molecule has 0 amide bonds. The van der Waals surface area contributed by atoms with Crippen molar-refractivity contribution < 1.29 is 45.3 Å². The van der Waals surface area contributed by atoms with Gasteiger partial charge in [-0.25, -0.2) is 4.98 Å². The molecule has 0 fully saturated rings. The van der Waals surface area contributed by atoms with E-state index in [1.165, 1.54) is 6.92 Å². The van der Waals surface area contributed by atoms with Gasteiger partial charge in [0.1, 0.15) is 0 Å². The molecule has 1 rings (SSSR count). The first-order chi connectivity index (χ1) is 10.5. The summed E-state index contributed by atoms with van der Waals surface area (Å²) in [5, 5.41) is 0. The maximum absolute atomic E-state index is 13.0. The second kappa shape index (κ2) is 6.92. The van der Waals surface area contributed by atoms with Crippen LogP contribution in [-0.2, 0) is 22.1 Å². The van der Waals surface area contributed by atoms with Crippen LogP contribution in [0.25, 0.3) is 0 Å². The highest BCUT2D eigenvalue weighted by Crippen LogP contribution is 2.38. The van der Waals surface area contributed by atoms with E-state index in [9.17, 15) is 31.1 Å². The van der Waals surface area contributed by atoms with Crippen molar-refractivity contribution in [3.8, 4) is 11.6 Å². The number of hydrogen-bond donors (Lipinski definition) is 0. The molecule has 0 atom stereocenters. The lowest BCUT2D eigenvalue weighted by molar-refractivity contribution is -0.276. The van der Waals surface area contributed by atoms with Gasteiger partial charge in [0.05, 0.1) is 31.4 Å². The molecule has 0 radical (unpaired) electrons. The molecule has 0 saturated carbocycles. The predicted octanol–water partition coefficient (Wildman–Crippen LogP) is 3.11. The van der Waals surface area contributed by atoms with E-state index in [2.05, 4.69) is 19.2 Å². The number of esters is 1. The Morgan fingerprint density at radius 3 is 2.26 bits per heavy atom. The van der Waals surface area contributed by atoms with Crippen molar-refractivity contribution in [1.82, 2.24) is 4.98 Å². The van der Waals surface area contributed by atoms with E-state index < -0.39 is 47.8 Å². The van der Waals surface area contributed by atoms with E-state index in [0.29, 0.717) is 0 Å². The number of nitrogens with zero attached hydrogens (tertiary/aromatic N) is 1. The van der Waals surface area contributed by atoms with Crippen molar-refractivity contribution in [2.24, 2.45) is 0 Å². The summed E-state index contributed by atoms with van der Waals surface area (Å²) in [6.45, 7) is 1.31. The average molecular weight is 347 g/mol. The van der Waals surface area contributed by atoms with Crippen molar-refractivity contribution in [1.29, 1.82) is 0 Å². The quantitative estimate of drug-likeness (QED) is 0.605. The number of alkyl halides is 6. The zero-order valence-electron chi connectivity index (χ0n) is 11.8. The fourth-order valence-corrected chi connectivity index (χ4v) is 1.57. The standard InChI is InChI=1S/C12H11F6NO4/c1-3-22-9(20)5-7-6(11(13,14)15)4-8(21-2)10(19-7)23-12(16,17)18/h4H,3,5H2,1-2H3. The van der Waals surface area contributed by atoms with Crippen LogP contribution in [0.3, 0.4) is 0 Å². The highest BCUT2D eigenvalue weighted by atomic mass is 19.4. The maximum atomic E-state index is 13.0. The molecule has 1 aromatic heterocycles. The summed E-state index contributed by atoms with van der Waals surface area (Å²) >= 11 is 0. The molecule has 0 aliphatic heterocycles. The third-order valence-electron chi connectivity index (χ3n) is 2.39. The van der Waals surface area contributed by atoms with Gasteiger partial charge in [0.25, 0.3) is 5.88 Å². The molecular weight excluding hydrogens is 336 g/mol. The summed E-state index contributed by atoms with van der Waals surface area (Å²) in [5.74, 6) is -3.18. The Morgan fingerprint density at radius 1 is 1.22 bits per heavy atom. The van der Waals surface area contributed by atoms with Crippen LogP contribution in [0.2, 0.25) is 0 Å². The first-order valence-corrected chi connectivity index (χ1v) is 6.04. The fraction of sp³-hybridized carbons (Fsp3) is 0.500. The molecule has 0 unspecified atom stereocenters. The Balaban J connectivity index is 3.37. The number of ether oxygens (including phenoxy) is 3. The van der Waals surface area contributed by atoms with Crippen molar-refractivity contribution in [3.05, 3.63) is 17.3 Å². The van der Waals surface area contributed by atoms with Crippen LogP contribution < -0.4 is 9.47 Å². The summed E-state index contributed by atoms with van der Waals surface area (Å²) in [6, 6.07) is 0.280. The third-order valence-corrected chi connectivity index (χ3v) is 2.39. The topological polar surface area (TPSA) is 57.7 Å². The number of methoxy groups -OCH3 is 1. The van der Waals surface area contributed by atoms with Gasteiger partial charge in [-0.2, -0.15) is 13.2 Å². The van der Waals surface area contributed by atoms with E-state index in [-0.39, 0.29) is 12.7 Å². The number of carbonyl (C=O) groups is 1. The number of hydrogen-bond acceptors (Lipinski definition) is 5. The summed E-state index contributed by atoms with van der Waals surface area (Å²) in [6.07, 6.45) is -11.1. The summed E-state index contributed by atoms with van der Waals surface area (Å²) in [4.78, 5) is 14.4. The monoisotopic (exact) mass is 347 g/mol. The second-order valence-corrected chi connectivity index (χ2v) is 4.02. The highest BCUT2D eigenvalue weighted by Gasteiger charge is 2.39. The summed E-state index contributed by atoms with van der Waals surface area (Å²) in [5.41, 5.74) is -2.38. The summed E-state index contributed by atoms with van der Waals surface area (Å²) < 4.78 is 88.1. The van der Waals surface area contributed by atoms with E-state index in [1.807, 2.05) is 0 Å². The van der Waals surface area contributed by atoms with Gasteiger partial charge in [-0.05, 0) is 13.0 Å². The lowest BCUT2D eigenvalue weighted by Crippen LogP contribution is -2.21. The Bertz CT molecular complexity index is 570. The molecule has 0 aliphatic carbocycles. The predicted molar refractivity (Wildman–Crippen MR) is 62.8 cm³/mol. The van der Waals surface area contributed by atoms with Crippen molar-refractivity contribution in [2.45, 2.75) is 25.9 Å². The Labute approximate surface area is 126 Å². The molecule has 0 N–H and O–H groups in total. The average Bonchev–Trinajstić information content (AvgIpc) is 2.35. The van der Waals surface area contributed by atoms with Crippen molar-refractivity contribution in [3.63, 3.8) is 0 Å². The largest absolute Gasteiger partial charge is 0.574 e. The minimum atomic E-state index is -5.19. The molecule has 0 bridgehead atoms. The van der Waals surface area contributed by atoms with E-state index in [1.54, 1.807) is 0 Å². The van der Waals surface area contributed by atoms with Gasteiger partial charge in [-0.15, -0.1) is 13.2 Å². The Kier molecular flexibility index (Phi) is 5.67. The first kappa shape index (κ1) is 18.8. The van der Waals surface area contributed by atoms with Crippen molar-refractivity contribution >= 4 is 5.97 Å². The first-order valence-electron chi connectivity index (χ1n) is 6.04. The number of carbonyl (C=O) groups excluding carboxylic acids is 1. The molecule has 5 nitrogen and oxygen atoms in total. The minimum Gasteiger partial charge on any atom is -0.491 e. The molecule has 11 heteroatoms. The normalized spacial score (nSPS) is 12.0. The number of halogens is 6. The molecule has 0 saturated heterocycles. The molecule has 0 spiro atoms. The van der Waals surface area contributed by atoms with Gasteiger partial charge in [-0.1, -0.05) is 0 Å². The van der Waals surface area contributed by atoms with Crippen LogP contribution >= 0.6 is 0 Å². The maximum Gasteiger partial charge on any atom is 0.574 e. The fourth-order valence-electron chi connectivity index (χ4n) is 1.57. The van der Waals surface area contributed by atoms with Gasteiger partial charge in [0.15, 0.2) is 5.75 Å². The molecule has 23 heavy (non-hydrogen) atoms. The van der Waals surface area contributed by atoms with Gasteiger partial charge in [0.2, 0.25) is 0 Å². The molecule has 1 aromatic rings. The number of aromatic nitrogens is 1. The molecule has 130 valence electrons. The minimum absolute atomic E-state index is 0.109. The lowest BCUT2D eigenvalue weighted by Gasteiger charge is -2.17. The smallest absolute Gasteiger partial charge is 0.491 e. The third kappa shape index (κ3) is 5.49. The van der Waals surface area contributed by atoms with Crippen molar-refractivity contribution in [2.75, 3.05) is 13.7 Å². The Morgan fingerprint density at radius 2 is 1.83 bits per heavy atom. The SMILES string of the molecule is CCOC(=O)Cc1nc(OC(F)(F)F)c(OC)cc1C(F)(F)F. The Hall–Kier alpha value is -2.20. The van der Waals surface area contributed by atoms with Crippen LogP contribution in [0.1, 0.15) is 18.2 Å². The van der Waals surface area contributed by atoms with Gasteiger partial charge < -0.3 is 14.2 Å². The highest BCUT2D eigenvalue weighted by molar-refractivity contribution is 5.72. The summed E-state index contributed by atoms with van der Waals surface area (Å²) in [7, 11) is 0.853. The van der Waals surface area contributed by atoms with Gasteiger partial charge >= 0.3 is 18.5 Å². The zero-order chi connectivity index (χ0) is 17.8. The zero-order valence-corrected chi connectivity index (χ0v) is 11.8. The lowest BCUT2D eigenvalue weighted by atomic mass is 10.1. The van der Waals surface area contributed by atoms with Crippen LogP contribution in [0.4, 0.5) is 26.3 Å². The van der Waals surface area contributed by atoms with E-state index >= 15 is 0 Å². The van der Waals surface area contributed by atoms with E-state index in [4.69, 9.17) is 0 Å². The number of rotatable bonds is 5. The van der Waals surface area contributed by atoms with Gasteiger partial charge in [0, 0.05) is 0 Å². The molecule has 0 aromatic carbocycles. The van der Waals surface area contributed by atoms with Gasteiger partial charge in [-0.3, -0.25) is 4.79 Å². The second-order valence-electron chi connectivity index (χ2n) is 4.02. The molecular formula is C12H11F6NO4. The van der Waals surface area contributed by atoms with Crippen LogP contribution in [0.5, 0.6) is 11.6 Å². The van der Waals surface area contributed by atoms with E-state index in [0.717, 1.165) is 7.11 Å². The van der Waals surface area contributed by atoms with Crippen LogP contribution in [0, 0.1) is 0 Å². The number of pyridine rings is 1. The molecule has 1 heterocycles. The van der Waals surface area contributed by atoms with Crippen LogP contribution in [0.15, 0.2) is 6.07 Å².